The van der Waals surface area contributed by atoms with Crippen LogP contribution in [0.25, 0.3) is 0 Å². The summed E-state index contributed by atoms with van der Waals surface area (Å²) in [4.78, 5) is 12.4. The summed E-state index contributed by atoms with van der Waals surface area (Å²) in [5.41, 5.74) is 2.74. The third-order valence-electron chi connectivity index (χ3n) is 3.76. The molecular weight excluding hydrogens is 232 g/mol. The molecule has 1 unspecified atom stereocenters. The Hall–Kier alpha value is -0.960. The van der Waals surface area contributed by atoms with Crippen LogP contribution in [0.15, 0.2) is 23.1 Å². The van der Waals surface area contributed by atoms with Gasteiger partial charge in [0.1, 0.15) is 0 Å². The maximum absolute atomic E-state index is 11.0. The van der Waals surface area contributed by atoms with E-state index < -0.39 is 5.97 Å². The van der Waals surface area contributed by atoms with Crippen LogP contribution < -0.4 is 0 Å². The molecule has 2 nitrogen and oxygen atoms in total. The van der Waals surface area contributed by atoms with E-state index in [9.17, 15) is 4.79 Å². The highest BCUT2D eigenvalue weighted by molar-refractivity contribution is 7.99. The molecule has 3 heteroatoms. The molecule has 0 saturated heterocycles. The number of rotatable bonds is 4. The fourth-order valence-corrected chi connectivity index (χ4v) is 3.91. The maximum Gasteiger partial charge on any atom is 0.303 e. The number of carboxylic acids is 1. The van der Waals surface area contributed by atoms with Crippen LogP contribution >= 0.6 is 11.8 Å². The fraction of sp³-hybridized carbons (Fsp3) is 0.500. The van der Waals surface area contributed by atoms with Gasteiger partial charge in [-0.25, -0.2) is 0 Å². The highest BCUT2D eigenvalue weighted by Crippen LogP contribution is 2.47. The summed E-state index contributed by atoms with van der Waals surface area (Å²) in [6.45, 7) is 0. The zero-order chi connectivity index (χ0) is 11.8. The van der Waals surface area contributed by atoms with Crippen LogP contribution in [0.3, 0.4) is 0 Å². The second-order valence-corrected chi connectivity index (χ2v) is 6.10. The number of hydrogen-bond donors (Lipinski definition) is 1. The second kappa shape index (κ2) is 4.37. The van der Waals surface area contributed by atoms with E-state index in [4.69, 9.17) is 5.11 Å². The van der Waals surface area contributed by atoms with Crippen molar-refractivity contribution in [1.82, 2.24) is 0 Å². The minimum Gasteiger partial charge on any atom is -0.481 e. The molecule has 1 fully saturated rings. The van der Waals surface area contributed by atoms with Crippen LogP contribution in [-0.2, 0) is 11.2 Å². The monoisotopic (exact) mass is 248 g/mol. The highest BCUT2D eigenvalue weighted by atomic mass is 32.2. The van der Waals surface area contributed by atoms with Crippen LogP contribution in [0.1, 0.15) is 36.3 Å². The molecule has 1 aliphatic carbocycles. The minimum atomic E-state index is -0.662. The molecule has 1 aromatic rings. The molecule has 1 aliphatic heterocycles. The summed E-state index contributed by atoms with van der Waals surface area (Å²) < 4.78 is 0. The largest absolute Gasteiger partial charge is 0.481 e. The molecule has 0 bridgehead atoms. The van der Waals surface area contributed by atoms with Crippen LogP contribution in [0.5, 0.6) is 0 Å². The minimum absolute atomic E-state index is 0.251. The average molecular weight is 248 g/mol. The van der Waals surface area contributed by atoms with Crippen LogP contribution in [-0.4, -0.2) is 16.8 Å². The molecule has 90 valence electrons. The van der Waals surface area contributed by atoms with E-state index in [0.29, 0.717) is 12.3 Å². The predicted molar refractivity (Wildman–Crippen MR) is 68.6 cm³/mol. The van der Waals surface area contributed by atoms with E-state index in [2.05, 4.69) is 18.2 Å². The quantitative estimate of drug-likeness (QED) is 0.888. The molecule has 1 N–H and O–H groups in total. The molecule has 0 aromatic heterocycles. The highest BCUT2D eigenvalue weighted by Gasteiger charge is 2.35. The molecule has 1 atom stereocenters. The van der Waals surface area contributed by atoms with E-state index in [0.717, 1.165) is 12.2 Å². The summed E-state index contributed by atoms with van der Waals surface area (Å²) in [7, 11) is 0. The Morgan fingerprint density at radius 2 is 2.29 bits per heavy atom. The van der Waals surface area contributed by atoms with E-state index in [1.807, 2.05) is 11.8 Å². The van der Waals surface area contributed by atoms with Crippen LogP contribution in [0.2, 0.25) is 0 Å². The number of carbonyl (C=O) groups is 1. The second-order valence-electron chi connectivity index (χ2n) is 4.96. The number of carboxylic acid groups (broad SMARTS) is 1. The molecule has 0 radical (unpaired) electrons. The van der Waals surface area contributed by atoms with Crippen molar-refractivity contribution in [1.29, 1.82) is 0 Å². The first-order valence-corrected chi connectivity index (χ1v) is 7.20. The van der Waals surface area contributed by atoms with Crippen LogP contribution in [0.4, 0.5) is 0 Å². The number of thioether (sulfide) groups is 1. The van der Waals surface area contributed by atoms with Crippen molar-refractivity contribution >= 4 is 17.7 Å². The molecule has 0 amide bonds. The summed E-state index contributed by atoms with van der Waals surface area (Å²) >= 11 is 1.90. The number of aliphatic carboxylic acids is 1. The van der Waals surface area contributed by atoms with E-state index in [-0.39, 0.29) is 5.92 Å². The van der Waals surface area contributed by atoms with Gasteiger partial charge in [0.15, 0.2) is 0 Å². The zero-order valence-corrected chi connectivity index (χ0v) is 10.5. The van der Waals surface area contributed by atoms with Crippen molar-refractivity contribution in [2.45, 2.75) is 36.5 Å². The first kappa shape index (κ1) is 11.1. The van der Waals surface area contributed by atoms with Crippen molar-refractivity contribution in [2.75, 3.05) is 5.75 Å². The van der Waals surface area contributed by atoms with Crippen molar-refractivity contribution in [2.24, 2.45) is 5.92 Å². The van der Waals surface area contributed by atoms with Crippen LogP contribution in [0, 0.1) is 5.92 Å². The number of benzene rings is 1. The first-order valence-electron chi connectivity index (χ1n) is 6.22. The van der Waals surface area contributed by atoms with Gasteiger partial charge in [0, 0.05) is 10.6 Å². The SMILES string of the molecule is O=C(O)CC(c1cccc2c1CCS2)C1CC1. The summed E-state index contributed by atoms with van der Waals surface area (Å²) in [5.74, 6) is 1.35. The van der Waals surface area contributed by atoms with Gasteiger partial charge in [-0.3, -0.25) is 4.79 Å². The third kappa shape index (κ3) is 2.21. The van der Waals surface area contributed by atoms with Gasteiger partial charge in [-0.15, -0.1) is 11.8 Å². The predicted octanol–water partition coefficient (Wildman–Crippen LogP) is 3.30. The molecule has 1 saturated carbocycles. The molecule has 1 heterocycles. The van der Waals surface area contributed by atoms with Gasteiger partial charge in [-0.2, -0.15) is 0 Å². The van der Waals surface area contributed by atoms with E-state index >= 15 is 0 Å². The maximum atomic E-state index is 11.0. The van der Waals surface area contributed by atoms with Gasteiger partial charge in [-0.05, 0) is 48.3 Å². The molecule has 3 rings (SSSR count). The Bertz CT molecular complexity index is 452. The first-order chi connectivity index (χ1) is 8.25. The van der Waals surface area contributed by atoms with E-state index in [1.54, 1.807) is 0 Å². The van der Waals surface area contributed by atoms with Crippen molar-refractivity contribution in [3.05, 3.63) is 29.3 Å². The third-order valence-corrected chi connectivity index (χ3v) is 4.87. The van der Waals surface area contributed by atoms with Gasteiger partial charge in [-0.1, -0.05) is 12.1 Å². The average Bonchev–Trinajstić information content (AvgIpc) is 3.02. The topological polar surface area (TPSA) is 37.3 Å². The van der Waals surface area contributed by atoms with Gasteiger partial charge >= 0.3 is 5.97 Å². The molecule has 1 aromatic carbocycles. The molecule has 17 heavy (non-hydrogen) atoms. The number of hydrogen-bond acceptors (Lipinski definition) is 2. The Morgan fingerprint density at radius 3 is 3.00 bits per heavy atom. The van der Waals surface area contributed by atoms with Gasteiger partial charge in [0.2, 0.25) is 0 Å². The molecule has 0 spiro atoms. The Balaban J connectivity index is 1.95. The summed E-state index contributed by atoms with van der Waals surface area (Å²) in [6, 6.07) is 6.40. The lowest BCUT2D eigenvalue weighted by atomic mass is 9.87. The van der Waals surface area contributed by atoms with Gasteiger partial charge in [0.05, 0.1) is 6.42 Å². The smallest absolute Gasteiger partial charge is 0.303 e. The summed E-state index contributed by atoms with van der Waals surface area (Å²) in [5, 5.41) is 9.07. The molecular formula is C14H16O2S. The normalized spacial score (nSPS) is 20.0. The lowest BCUT2D eigenvalue weighted by Crippen LogP contribution is -2.10. The number of fused-ring (bicyclic) bond motifs is 1. The van der Waals surface area contributed by atoms with Gasteiger partial charge < -0.3 is 5.11 Å². The Kier molecular flexibility index (Phi) is 2.87. The lowest BCUT2D eigenvalue weighted by Gasteiger charge is -2.18. The lowest BCUT2D eigenvalue weighted by molar-refractivity contribution is -0.137. The van der Waals surface area contributed by atoms with Gasteiger partial charge in [0.25, 0.3) is 0 Å². The fourth-order valence-electron chi connectivity index (χ4n) is 2.81. The summed E-state index contributed by atoms with van der Waals surface area (Å²) in [6.07, 6.45) is 3.81. The van der Waals surface area contributed by atoms with Crippen molar-refractivity contribution in [3.8, 4) is 0 Å². The van der Waals surface area contributed by atoms with Crippen molar-refractivity contribution < 1.29 is 9.90 Å². The zero-order valence-electron chi connectivity index (χ0n) is 9.69. The van der Waals surface area contributed by atoms with Crippen molar-refractivity contribution in [3.63, 3.8) is 0 Å². The standard InChI is InChI=1S/C14H16O2S/c15-14(16)8-12(9-4-5-9)10-2-1-3-13-11(10)6-7-17-13/h1-3,9,12H,4-8H2,(H,15,16). The Morgan fingerprint density at radius 1 is 1.47 bits per heavy atom. The van der Waals surface area contributed by atoms with E-state index in [1.165, 1.54) is 28.9 Å². The Labute approximate surface area is 105 Å². The molecule has 2 aliphatic rings.